The Hall–Kier alpha value is -1.00. The number of Topliss-reactive ketones (excluding diaryl/α,β-unsaturated/α-hetero) is 1. The molecule has 0 amide bonds. The molecule has 31 heavy (non-hydrogen) atoms. The average Bonchev–Trinajstić information content (AvgIpc) is 3.15. The van der Waals surface area contributed by atoms with Gasteiger partial charge in [-0.2, -0.15) is 0 Å². The van der Waals surface area contributed by atoms with E-state index in [1.807, 2.05) is 0 Å². The minimum atomic E-state index is -0.425. The molecule has 4 heteroatoms. The second-order valence-electron chi connectivity index (χ2n) is 12.5. The summed E-state index contributed by atoms with van der Waals surface area (Å²) in [4.78, 5) is 25.9. The molecule has 0 aromatic heterocycles. The molecule has 170 valence electrons. The van der Waals surface area contributed by atoms with E-state index in [9.17, 15) is 9.59 Å². The average molecular weight is 427 g/mol. The molecule has 0 aromatic rings. The van der Waals surface area contributed by atoms with Crippen molar-refractivity contribution < 1.29 is 19.1 Å². The molecule has 0 bridgehead atoms. The fourth-order valence-corrected chi connectivity index (χ4v) is 9.48. The number of carbonyl (C=O) groups is 2. The molecule has 4 nitrogen and oxygen atoms in total. The summed E-state index contributed by atoms with van der Waals surface area (Å²) < 4.78 is 13.2. The van der Waals surface area contributed by atoms with Crippen LogP contribution in [0.25, 0.3) is 0 Å². The maximum atomic E-state index is 13.8. The first-order valence-corrected chi connectivity index (χ1v) is 12.7. The van der Waals surface area contributed by atoms with E-state index in [1.165, 1.54) is 6.42 Å². The normalized spacial score (nSPS) is 58.1. The Morgan fingerprint density at radius 2 is 1.90 bits per heavy atom. The van der Waals surface area contributed by atoms with Gasteiger partial charge >= 0.3 is 0 Å². The molecule has 0 N–H and O–H groups in total. The van der Waals surface area contributed by atoms with Gasteiger partial charge in [-0.1, -0.05) is 33.8 Å². The lowest BCUT2D eigenvalue weighted by Crippen LogP contribution is -2.57. The van der Waals surface area contributed by atoms with Crippen LogP contribution in [0.2, 0.25) is 0 Å². The fraction of sp³-hybridized carbons (Fsp3) is 0.852. The molecule has 0 radical (unpaired) electrons. The Morgan fingerprint density at radius 1 is 1.10 bits per heavy atom. The number of ketones is 2. The van der Waals surface area contributed by atoms with Crippen LogP contribution < -0.4 is 0 Å². The first kappa shape index (κ1) is 20.6. The highest BCUT2D eigenvalue weighted by Crippen LogP contribution is 2.70. The lowest BCUT2D eigenvalue weighted by Gasteiger charge is -2.58. The third-order valence-electron chi connectivity index (χ3n) is 11.0. The summed E-state index contributed by atoms with van der Waals surface area (Å²) in [6.07, 6.45) is 10.8. The summed E-state index contributed by atoms with van der Waals surface area (Å²) in [7, 11) is 0. The molecule has 6 rings (SSSR count). The van der Waals surface area contributed by atoms with Crippen LogP contribution in [0.5, 0.6) is 0 Å². The van der Waals surface area contributed by atoms with Gasteiger partial charge in [0.25, 0.3) is 0 Å². The molecule has 2 saturated heterocycles. The molecule has 2 aliphatic heterocycles. The summed E-state index contributed by atoms with van der Waals surface area (Å²) in [5.74, 6) is 2.97. The quantitative estimate of drug-likeness (QED) is 0.550. The number of carbonyl (C=O) groups excluding carboxylic acids is 2. The maximum Gasteiger partial charge on any atom is 0.171 e. The van der Waals surface area contributed by atoms with Crippen molar-refractivity contribution in [2.75, 3.05) is 6.61 Å². The Balaban J connectivity index is 1.32. The van der Waals surface area contributed by atoms with Crippen LogP contribution in [0.1, 0.15) is 72.6 Å². The van der Waals surface area contributed by atoms with Crippen LogP contribution in [0, 0.1) is 52.3 Å². The predicted octanol–water partition coefficient (Wildman–Crippen LogP) is 4.96. The van der Waals surface area contributed by atoms with Gasteiger partial charge in [0.1, 0.15) is 5.78 Å². The van der Waals surface area contributed by atoms with Crippen molar-refractivity contribution in [1.82, 2.24) is 0 Å². The van der Waals surface area contributed by atoms with E-state index in [-0.39, 0.29) is 28.6 Å². The number of rotatable bonds is 0. The SMILES string of the molecule is C[C@@H]1CC[C@@]2(OC1)O[C@H]1C[C@H]3[C@@H]4CC[C@H]5CC(=O)C=C[C@]5(C)[C@H]4C(=O)C[C@]3(C)[C@H]1[C@@H]2C. The Bertz CT molecular complexity index is 838. The molecule has 2 heterocycles. The van der Waals surface area contributed by atoms with Gasteiger partial charge in [0.2, 0.25) is 0 Å². The maximum absolute atomic E-state index is 13.8. The van der Waals surface area contributed by atoms with Crippen LogP contribution >= 0.6 is 0 Å². The molecule has 3 saturated carbocycles. The van der Waals surface area contributed by atoms with E-state index in [4.69, 9.17) is 9.47 Å². The highest BCUT2D eigenvalue weighted by Gasteiger charge is 2.70. The van der Waals surface area contributed by atoms with E-state index < -0.39 is 5.79 Å². The Morgan fingerprint density at radius 3 is 2.65 bits per heavy atom. The van der Waals surface area contributed by atoms with Crippen molar-refractivity contribution in [3.05, 3.63) is 12.2 Å². The smallest absolute Gasteiger partial charge is 0.171 e. The van der Waals surface area contributed by atoms with E-state index >= 15 is 0 Å². The largest absolute Gasteiger partial charge is 0.349 e. The number of hydrogen-bond donors (Lipinski definition) is 0. The van der Waals surface area contributed by atoms with E-state index in [1.54, 1.807) is 6.08 Å². The Kier molecular flexibility index (Phi) is 4.34. The number of hydrogen-bond acceptors (Lipinski definition) is 4. The zero-order valence-electron chi connectivity index (χ0n) is 19.6. The molecule has 4 aliphatic carbocycles. The van der Waals surface area contributed by atoms with Gasteiger partial charge in [-0.05, 0) is 72.2 Å². The molecule has 0 aromatic carbocycles. The number of allylic oxidation sites excluding steroid dienone is 2. The minimum absolute atomic E-state index is 0.00958. The summed E-state index contributed by atoms with van der Waals surface area (Å²) in [5.41, 5.74) is -0.140. The van der Waals surface area contributed by atoms with Crippen LogP contribution in [-0.2, 0) is 19.1 Å². The Labute approximate surface area is 186 Å². The standard InChI is InChI=1S/C27H38O4/c1-15-7-10-27(30-14-15)16(2)23-22(31-27)12-20-19-6-5-17-11-18(28)8-9-25(17,3)24(19)21(29)13-26(20,23)4/h8-9,15-17,19-20,22-24H,5-7,10-14H2,1-4H3/t15-,16+,17+,19+,20+,22+,23+,24-,25+,26+,27-/m1/s1. The summed E-state index contributed by atoms with van der Waals surface area (Å²) in [6, 6.07) is 0. The molecule has 6 aliphatic rings. The molecule has 11 atom stereocenters. The van der Waals surface area contributed by atoms with Gasteiger partial charge in [0, 0.05) is 31.1 Å². The zero-order valence-corrected chi connectivity index (χ0v) is 19.6. The topological polar surface area (TPSA) is 52.6 Å². The van der Waals surface area contributed by atoms with E-state index in [0.29, 0.717) is 54.1 Å². The van der Waals surface area contributed by atoms with Gasteiger partial charge in [-0.3, -0.25) is 9.59 Å². The third kappa shape index (κ3) is 2.61. The van der Waals surface area contributed by atoms with Crippen LogP contribution in [-0.4, -0.2) is 30.1 Å². The fourth-order valence-electron chi connectivity index (χ4n) is 9.48. The first-order valence-electron chi connectivity index (χ1n) is 12.7. The van der Waals surface area contributed by atoms with Gasteiger partial charge in [-0.15, -0.1) is 0 Å². The van der Waals surface area contributed by atoms with Gasteiger partial charge < -0.3 is 9.47 Å². The van der Waals surface area contributed by atoms with Crippen LogP contribution in [0.3, 0.4) is 0 Å². The highest BCUT2D eigenvalue weighted by atomic mass is 16.7. The minimum Gasteiger partial charge on any atom is -0.349 e. The summed E-state index contributed by atoms with van der Waals surface area (Å²) >= 11 is 0. The molecular formula is C27H38O4. The monoisotopic (exact) mass is 426 g/mol. The van der Waals surface area contributed by atoms with Crippen molar-refractivity contribution in [1.29, 1.82) is 0 Å². The lowest BCUT2D eigenvalue weighted by molar-refractivity contribution is -0.272. The summed E-state index contributed by atoms with van der Waals surface area (Å²) in [6.45, 7) is 10.0. The van der Waals surface area contributed by atoms with E-state index in [2.05, 4.69) is 33.8 Å². The third-order valence-corrected chi connectivity index (χ3v) is 11.0. The van der Waals surface area contributed by atoms with Gasteiger partial charge in [0.05, 0.1) is 12.7 Å². The van der Waals surface area contributed by atoms with Gasteiger partial charge in [0.15, 0.2) is 11.6 Å². The second kappa shape index (κ2) is 6.53. The van der Waals surface area contributed by atoms with Gasteiger partial charge in [-0.25, -0.2) is 0 Å². The van der Waals surface area contributed by atoms with Crippen molar-refractivity contribution in [3.63, 3.8) is 0 Å². The first-order chi connectivity index (χ1) is 14.7. The zero-order chi connectivity index (χ0) is 21.8. The second-order valence-corrected chi connectivity index (χ2v) is 12.5. The number of ether oxygens (including phenoxy) is 2. The van der Waals surface area contributed by atoms with E-state index in [0.717, 1.165) is 32.3 Å². The predicted molar refractivity (Wildman–Crippen MR) is 117 cm³/mol. The van der Waals surface area contributed by atoms with Crippen molar-refractivity contribution >= 4 is 11.6 Å². The van der Waals surface area contributed by atoms with Crippen molar-refractivity contribution in [3.8, 4) is 0 Å². The molecule has 1 spiro atoms. The van der Waals surface area contributed by atoms with Crippen LogP contribution in [0.4, 0.5) is 0 Å². The summed E-state index contributed by atoms with van der Waals surface area (Å²) in [5, 5.41) is 0. The number of fused-ring (bicyclic) bond motifs is 7. The van der Waals surface area contributed by atoms with Crippen LogP contribution in [0.15, 0.2) is 12.2 Å². The lowest BCUT2D eigenvalue weighted by atomic mass is 9.45. The molecule has 0 unspecified atom stereocenters. The molecular weight excluding hydrogens is 388 g/mol. The van der Waals surface area contributed by atoms with Crippen molar-refractivity contribution in [2.45, 2.75) is 84.5 Å². The highest BCUT2D eigenvalue weighted by molar-refractivity contribution is 5.92. The van der Waals surface area contributed by atoms with Crippen molar-refractivity contribution in [2.24, 2.45) is 52.3 Å². The molecule has 5 fully saturated rings.